The van der Waals surface area contributed by atoms with Crippen molar-refractivity contribution in [3.05, 3.63) is 28.0 Å². The van der Waals surface area contributed by atoms with Crippen LogP contribution in [0.2, 0.25) is 10.2 Å². The first-order chi connectivity index (χ1) is 9.33. The predicted octanol–water partition coefficient (Wildman–Crippen LogP) is 2.72. The molecule has 1 atom stereocenters. The highest BCUT2D eigenvalue weighted by atomic mass is 35.5. The van der Waals surface area contributed by atoms with Crippen LogP contribution in [0.3, 0.4) is 0 Å². The van der Waals surface area contributed by atoms with Gasteiger partial charge in [0, 0.05) is 19.3 Å². The maximum absolute atomic E-state index is 12.4. The minimum Gasteiger partial charge on any atom is -0.481 e. The smallest absolute Gasteiger partial charge is 0.311 e. The summed E-state index contributed by atoms with van der Waals surface area (Å²) in [4.78, 5) is 29.1. The molecule has 0 saturated carbocycles. The summed E-state index contributed by atoms with van der Waals surface area (Å²) in [5.41, 5.74) is -0.668. The number of aliphatic carboxylic acids is 1. The molecule has 2 rings (SSSR count). The molecule has 0 radical (unpaired) electrons. The van der Waals surface area contributed by atoms with Gasteiger partial charge in [-0.05, 0) is 25.8 Å². The summed E-state index contributed by atoms with van der Waals surface area (Å²) >= 11 is 11.7. The van der Waals surface area contributed by atoms with E-state index in [9.17, 15) is 14.7 Å². The number of carboxylic acid groups (broad SMARTS) is 1. The molecule has 0 aliphatic carbocycles. The number of amides is 1. The maximum atomic E-state index is 12.4. The quantitative estimate of drug-likeness (QED) is 0.852. The van der Waals surface area contributed by atoms with E-state index < -0.39 is 11.4 Å². The first-order valence-electron chi connectivity index (χ1n) is 6.17. The Hall–Kier alpha value is -1.33. The lowest BCUT2D eigenvalue weighted by molar-refractivity contribution is -0.150. The molecule has 0 bridgehead atoms. The van der Waals surface area contributed by atoms with Crippen molar-refractivity contribution in [1.82, 2.24) is 9.88 Å². The van der Waals surface area contributed by atoms with Crippen molar-refractivity contribution in [3.8, 4) is 0 Å². The number of carboxylic acids is 1. The van der Waals surface area contributed by atoms with Crippen LogP contribution in [0, 0.1) is 5.41 Å². The average molecular weight is 317 g/mol. The molecule has 0 spiro atoms. The lowest BCUT2D eigenvalue weighted by Gasteiger charge is -2.37. The zero-order valence-corrected chi connectivity index (χ0v) is 12.4. The molecule has 7 heteroatoms. The van der Waals surface area contributed by atoms with Crippen LogP contribution in [0.4, 0.5) is 0 Å². The highest BCUT2D eigenvalue weighted by Gasteiger charge is 2.39. The van der Waals surface area contributed by atoms with Crippen LogP contribution in [-0.2, 0) is 4.79 Å². The lowest BCUT2D eigenvalue weighted by atomic mass is 9.82. The zero-order valence-electron chi connectivity index (χ0n) is 10.9. The van der Waals surface area contributed by atoms with Crippen LogP contribution < -0.4 is 0 Å². The van der Waals surface area contributed by atoms with Crippen LogP contribution >= 0.6 is 23.2 Å². The summed E-state index contributed by atoms with van der Waals surface area (Å²) in [7, 11) is 0. The Bertz CT molecular complexity index is 565. The SMILES string of the molecule is CC1(C(=O)O)CCCN(C(=O)c2cc(Cl)ncc2Cl)C1. The lowest BCUT2D eigenvalue weighted by Crippen LogP contribution is -2.48. The number of pyridine rings is 1. The van der Waals surface area contributed by atoms with E-state index in [4.69, 9.17) is 23.2 Å². The fourth-order valence-electron chi connectivity index (χ4n) is 2.33. The number of rotatable bonds is 2. The second-order valence-electron chi connectivity index (χ2n) is 5.18. The van der Waals surface area contributed by atoms with Gasteiger partial charge in [-0.25, -0.2) is 4.98 Å². The third-order valence-electron chi connectivity index (χ3n) is 3.55. The van der Waals surface area contributed by atoms with E-state index in [0.29, 0.717) is 19.4 Å². The Labute approximate surface area is 126 Å². The molecule has 1 aliphatic heterocycles. The van der Waals surface area contributed by atoms with Crippen molar-refractivity contribution < 1.29 is 14.7 Å². The van der Waals surface area contributed by atoms with Gasteiger partial charge in [0.05, 0.1) is 16.0 Å². The molecule has 1 aliphatic rings. The van der Waals surface area contributed by atoms with E-state index in [1.165, 1.54) is 17.2 Å². The number of carbonyl (C=O) groups excluding carboxylic acids is 1. The average Bonchev–Trinajstić information content (AvgIpc) is 2.40. The molecule has 1 fully saturated rings. The molecule has 1 aromatic heterocycles. The molecule has 1 aromatic rings. The highest BCUT2D eigenvalue weighted by molar-refractivity contribution is 6.35. The second-order valence-corrected chi connectivity index (χ2v) is 5.98. The number of hydrogen-bond acceptors (Lipinski definition) is 3. The Balaban J connectivity index is 2.25. The minimum atomic E-state index is -0.919. The van der Waals surface area contributed by atoms with E-state index in [-0.39, 0.29) is 28.2 Å². The van der Waals surface area contributed by atoms with E-state index in [1.807, 2.05) is 0 Å². The van der Waals surface area contributed by atoms with Gasteiger partial charge in [-0.1, -0.05) is 23.2 Å². The Morgan fingerprint density at radius 2 is 2.15 bits per heavy atom. The molecule has 5 nitrogen and oxygen atoms in total. The van der Waals surface area contributed by atoms with Crippen LogP contribution in [-0.4, -0.2) is 40.0 Å². The van der Waals surface area contributed by atoms with Crippen molar-refractivity contribution in [2.24, 2.45) is 5.41 Å². The standard InChI is InChI=1S/C13H14Cl2N2O3/c1-13(12(19)20)3-2-4-17(7-13)11(18)8-5-10(15)16-6-9(8)14/h5-6H,2-4,7H2,1H3,(H,19,20). The second kappa shape index (κ2) is 5.58. The van der Waals surface area contributed by atoms with Gasteiger partial charge in [0.15, 0.2) is 0 Å². The van der Waals surface area contributed by atoms with Gasteiger partial charge in [-0.3, -0.25) is 9.59 Å². The third-order valence-corrected chi connectivity index (χ3v) is 4.06. The van der Waals surface area contributed by atoms with Crippen LogP contribution in [0.5, 0.6) is 0 Å². The monoisotopic (exact) mass is 316 g/mol. The van der Waals surface area contributed by atoms with Crippen LogP contribution in [0.15, 0.2) is 12.3 Å². The first kappa shape index (κ1) is 15.1. The van der Waals surface area contributed by atoms with Crippen molar-refractivity contribution in [2.45, 2.75) is 19.8 Å². The fraction of sp³-hybridized carbons (Fsp3) is 0.462. The van der Waals surface area contributed by atoms with Gasteiger partial charge in [0.25, 0.3) is 5.91 Å². The van der Waals surface area contributed by atoms with Crippen molar-refractivity contribution >= 4 is 35.1 Å². The Morgan fingerprint density at radius 1 is 1.45 bits per heavy atom. The summed E-state index contributed by atoms with van der Waals surface area (Å²) < 4.78 is 0. The van der Waals surface area contributed by atoms with Gasteiger partial charge in [0.1, 0.15) is 5.15 Å². The molecule has 2 heterocycles. The number of halogens is 2. The number of aromatic nitrogens is 1. The molecular weight excluding hydrogens is 303 g/mol. The summed E-state index contributed by atoms with van der Waals surface area (Å²) in [5.74, 6) is -1.21. The molecule has 108 valence electrons. The summed E-state index contributed by atoms with van der Waals surface area (Å²) in [5, 5.41) is 9.66. The topological polar surface area (TPSA) is 70.5 Å². The van der Waals surface area contributed by atoms with Crippen molar-refractivity contribution in [1.29, 1.82) is 0 Å². The molecule has 1 N–H and O–H groups in total. The largest absolute Gasteiger partial charge is 0.481 e. The van der Waals surface area contributed by atoms with E-state index in [0.717, 1.165) is 0 Å². The molecular formula is C13H14Cl2N2O3. The van der Waals surface area contributed by atoms with E-state index in [2.05, 4.69) is 4.98 Å². The number of piperidine rings is 1. The highest BCUT2D eigenvalue weighted by Crippen LogP contribution is 2.31. The molecule has 20 heavy (non-hydrogen) atoms. The van der Waals surface area contributed by atoms with Gasteiger partial charge >= 0.3 is 5.97 Å². The minimum absolute atomic E-state index is 0.164. The van der Waals surface area contributed by atoms with Gasteiger partial charge in [-0.2, -0.15) is 0 Å². The number of carbonyl (C=O) groups is 2. The third kappa shape index (κ3) is 2.88. The number of likely N-dealkylation sites (tertiary alicyclic amines) is 1. The van der Waals surface area contributed by atoms with Gasteiger partial charge in [0.2, 0.25) is 0 Å². The Morgan fingerprint density at radius 3 is 2.80 bits per heavy atom. The van der Waals surface area contributed by atoms with Crippen LogP contribution in [0.25, 0.3) is 0 Å². The fourth-order valence-corrected chi connectivity index (χ4v) is 2.68. The normalized spacial score (nSPS) is 22.6. The number of nitrogens with zero attached hydrogens (tertiary/aromatic N) is 2. The zero-order chi connectivity index (χ0) is 14.9. The number of hydrogen-bond donors (Lipinski definition) is 1. The Kier molecular flexibility index (Phi) is 4.20. The van der Waals surface area contributed by atoms with Crippen LogP contribution in [0.1, 0.15) is 30.1 Å². The molecule has 0 aromatic carbocycles. The molecule has 1 saturated heterocycles. The molecule has 1 amide bonds. The predicted molar refractivity (Wildman–Crippen MR) is 75.1 cm³/mol. The molecule has 1 unspecified atom stereocenters. The van der Waals surface area contributed by atoms with Crippen molar-refractivity contribution in [2.75, 3.05) is 13.1 Å². The maximum Gasteiger partial charge on any atom is 0.311 e. The van der Waals surface area contributed by atoms with E-state index >= 15 is 0 Å². The van der Waals surface area contributed by atoms with Crippen molar-refractivity contribution in [3.63, 3.8) is 0 Å². The van der Waals surface area contributed by atoms with E-state index in [1.54, 1.807) is 6.92 Å². The van der Waals surface area contributed by atoms with Gasteiger partial charge in [-0.15, -0.1) is 0 Å². The van der Waals surface area contributed by atoms with Gasteiger partial charge < -0.3 is 10.0 Å². The first-order valence-corrected chi connectivity index (χ1v) is 6.93. The summed E-state index contributed by atoms with van der Waals surface area (Å²) in [6, 6.07) is 1.40. The summed E-state index contributed by atoms with van der Waals surface area (Å²) in [6.07, 6.45) is 2.51. The summed E-state index contributed by atoms with van der Waals surface area (Å²) in [6.45, 7) is 2.32.